The van der Waals surface area contributed by atoms with E-state index in [4.69, 9.17) is 4.74 Å². The summed E-state index contributed by atoms with van der Waals surface area (Å²) in [6.07, 6.45) is 6.01. The average Bonchev–Trinajstić information content (AvgIpc) is 3.11. The van der Waals surface area contributed by atoms with Crippen LogP contribution in [0.25, 0.3) is 11.3 Å². The molecule has 0 aliphatic carbocycles. The first-order valence-corrected chi connectivity index (χ1v) is 10.4. The fourth-order valence-corrected chi connectivity index (χ4v) is 5.06. The Labute approximate surface area is 182 Å². The van der Waals surface area contributed by atoms with Gasteiger partial charge in [-0.1, -0.05) is 0 Å². The number of rotatable bonds is 3. The molecule has 5 rings (SSSR count). The zero-order chi connectivity index (χ0) is 22.6. The van der Waals surface area contributed by atoms with Gasteiger partial charge in [0.05, 0.1) is 30.1 Å². The molecule has 6 nitrogen and oxygen atoms in total. The number of pyridine rings is 1. The predicted octanol–water partition coefficient (Wildman–Crippen LogP) is 4.20. The van der Waals surface area contributed by atoms with E-state index < -0.39 is 17.5 Å². The van der Waals surface area contributed by atoms with E-state index in [1.807, 2.05) is 4.90 Å². The third-order valence-electron chi connectivity index (χ3n) is 6.40. The van der Waals surface area contributed by atoms with Crippen molar-refractivity contribution < 1.29 is 22.7 Å². The van der Waals surface area contributed by atoms with E-state index in [2.05, 4.69) is 10.1 Å². The van der Waals surface area contributed by atoms with Crippen LogP contribution < -0.4 is 4.74 Å². The molecule has 1 saturated heterocycles. The predicted molar refractivity (Wildman–Crippen MR) is 110 cm³/mol. The van der Waals surface area contributed by atoms with E-state index >= 15 is 0 Å². The second kappa shape index (κ2) is 7.65. The highest BCUT2D eigenvalue weighted by atomic mass is 19.2. The standard InChI is InChI=1S/C23H21F3N4O2/c1-29-22(12-8-16(24)20(26)17(25)9-12)14-10-13-4-3-5-18(21(14)28-29)30(13)23(31)15-11-27-7-6-19(15)32-2/h6-9,11,13,18H,3-5,10H2,1-2H3. The van der Waals surface area contributed by atoms with Crippen LogP contribution in [0.4, 0.5) is 13.2 Å². The van der Waals surface area contributed by atoms with E-state index in [-0.39, 0.29) is 23.6 Å². The lowest BCUT2D eigenvalue weighted by Gasteiger charge is -2.45. The largest absolute Gasteiger partial charge is 0.496 e. The molecule has 1 amide bonds. The van der Waals surface area contributed by atoms with Gasteiger partial charge in [0.2, 0.25) is 0 Å². The summed E-state index contributed by atoms with van der Waals surface area (Å²) in [4.78, 5) is 19.4. The van der Waals surface area contributed by atoms with E-state index in [9.17, 15) is 18.0 Å². The summed E-state index contributed by atoms with van der Waals surface area (Å²) >= 11 is 0. The lowest BCUT2D eigenvalue weighted by Crippen LogP contribution is -2.50. The molecule has 1 aromatic carbocycles. The molecule has 2 atom stereocenters. The normalized spacial score (nSPS) is 19.6. The summed E-state index contributed by atoms with van der Waals surface area (Å²) in [5.74, 6) is -3.71. The number of halogens is 3. The van der Waals surface area contributed by atoms with Crippen LogP contribution in [0.15, 0.2) is 30.6 Å². The van der Waals surface area contributed by atoms with Crippen molar-refractivity contribution in [1.29, 1.82) is 0 Å². The number of hydrogen-bond acceptors (Lipinski definition) is 4. The molecule has 2 unspecified atom stereocenters. The first-order valence-electron chi connectivity index (χ1n) is 10.4. The highest BCUT2D eigenvalue weighted by molar-refractivity contribution is 5.97. The van der Waals surface area contributed by atoms with Crippen LogP contribution in [0.1, 0.15) is 46.9 Å². The van der Waals surface area contributed by atoms with Gasteiger partial charge < -0.3 is 9.64 Å². The summed E-state index contributed by atoms with van der Waals surface area (Å²) in [5.41, 5.74) is 2.70. The molecule has 9 heteroatoms. The number of aromatic nitrogens is 3. The number of aryl methyl sites for hydroxylation is 1. The number of methoxy groups -OCH3 is 1. The third-order valence-corrected chi connectivity index (χ3v) is 6.40. The molecule has 0 saturated carbocycles. The van der Waals surface area contributed by atoms with Crippen LogP contribution in [0, 0.1) is 17.5 Å². The number of hydrogen-bond donors (Lipinski definition) is 0. The number of amides is 1. The van der Waals surface area contributed by atoms with Crippen molar-refractivity contribution in [1.82, 2.24) is 19.7 Å². The van der Waals surface area contributed by atoms with Gasteiger partial charge in [-0.3, -0.25) is 14.5 Å². The Morgan fingerprint density at radius 3 is 2.66 bits per heavy atom. The Hall–Kier alpha value is -3.36. The number of ether oxygens (including phenoxy) is 1. The zero-order valence-electron chi connectivity index (χ0n) is 17.6. The van der Waals surface area contributed by atoms with Gasteiger partial charge >= 0.3 is 0 Å². The zero-order valence-corrected chi connectivity index (χ0v) is 17.6. The maximum atomic E-state index is 13.9. The Morgan fingerprint density at radius 2 is 1.94 bits per heavy atom. The summed E-state index contributed by atoms with van der Waals surface area (Å²) in [5, 5.41) is 4.64. The van der Waals surface area contributed by atoms with Gasteiger partial charge in [0.1, 0.15) is 5.75 Å². The highest BCUT2D eigenvalue weighted by Crippen LogP contribution is 2.45. The fraction of sp³-hybridized carbons (Fsp3) is 0.348. The van der Waals surface area contributed by atoms with Crippen molar-refractivity contribution in [2.45, 2.75) is 37.8 Å². The van der Waals surface area contributed by atoms with Crippen molar-refractivity contribution in [3.63, 3.8) is 0 Å². The Kier molecular flexibility index (Phi) is 4.91. The van der Waals surface area contributed by atoms with E-state index in [0.29, 0.717) is 29.1 Å². The Morgan fingerprint density at radius 1 is 1.19 bits per heavy atom. The Balaban J connectivity index is 1.60. The van der Waals surface area contributed by atoms with Gasteiger partial charge in [0.25, 0.3) is 5.91 Å². The molecule has 0 radical (unpaired) electrons. The number of nitrogens with zero attached hydrogens (tertiary/aromatic N) is 4. The average molecular weight is 442 g/mol. The van der Waals surface area contributed by atoms with Gasteiger partial charge in [-0.25, -0.2) is 13.2 Å². The molecule has 166 valence electrons. The monoisotopic (exact) mass is 442 g/mol. The number of carbonyl (C=O) groups excluding carboxylic acids is 1. The maximum Gasteiger partial charge on any atom is 0.260 e. The molecule has 32 heavy (non-hydrogen) atoms. The molecular weight excluding hydrogens is 421 g/mol. The topological polar surface area (TPSA) is 60.2 Å². The molecule has 3 aromatic rings. The molecule has 1 fully saturated rings. The number of fused-ring (bicyclic) bond motifs is 4. The quantitative estimate of drug-likeness (QED) is 0.571. The first-order chi connectivity index (χ1) is 15.4. The lowest BCUT2D eigenvalue weighted by atomic mass is 9.81. The fourth-order valence-electron chi connectivity index (χ4n) is 5.06. The van der Waals surface area contributed by atoms with E-state index in [1.54, 1.807) is 24.0 Å². The van der Waals surface area contributed by atoms with Gasteiger partial charge in [0, 0.05) is 36.6 Å². The van der Waals surface area contributed by atoms with Gasteiger partial charge in [-0.15, -0.1) is 0 Å². The van der Waals surface area contributed by atoms with Crippen molar-refractivity contribution in [2.24, 2.45) is 7.05 Å². The number of carbonyl (C=O) groups is 1. The minimum atomic E-state index is -1.50. The second-order valence-corrected chi connectivity index (χ2v) is 8.18. The van der Waals surface area contributed by atoms with Crippen molar-refractivity contribution in [3.8, 4) is 17.0 Å². The molecule has 2 aromatic heterocycles. The highest BCUT2D eigenvalue weighted by Gasteiger charge is 2.44. The van der Waals surface area contributed by atoms with Crippen LogP contribution in [0.2, 0.25) is 0 Å². The van der Waals surface area contributed by atoms with Crippen LogP contribution in [0.3, 0.4) is 0 Å². The lowest BCUT2D eigenvalue weighted by molar-refractivity contribution is 0.0388. The third kappa shape index (κ3) is 3.06. The van der Waals surface area contributed by atoms with E-state index in [0.717, 1.165) is 37.0 Å². The second-order valence-electron chi connectivity index (χ2n) is 8.18. The van der Waals surface area contributed by atoms with Crippen molar-refractivity contribution in [3.05, 3.63) is 64.9 Å². The van der Waals surface area contributed by atoms with Crippen LogP contribution in [-0.4, -0.2) is 38.7 Å². The SMILES string of the molecule is COc1ccncc1C(=O)N1C2CCCC1c1nn(C)c(-c3cc(F)c(F)c(F)c3)c1C2. The van der Waals surface area contributed by atoms with Gasteiger partial charge in [-0.2, -0.15) is 5.10 Å². The minimum Gasteiger partial charge on any atom is -0.496 e. The van der Waals surface area contributed by atoms with Crippen molar-refractivity contribution >= 4 is 5.91 Å². The van der Waals surface area contributed by atoms with Gasteiger partial charge in [-0.05, 0) is 43.9 Å². The molecule has 2 bridgehead atoms. The van der Waals surface area contributed by atoms with Crippen LogP contribution in [0.5, 0.6) is 5.75 Å². The minimum absolute atomic E-state index is 0.100. The van der Waals surface area contributed by atoms with Crippen LogP contribution in [-0.2, 0) is 13.5 Å². The molecule has 0 spiro atoms. The molecular formula is C23H21F3N4O2. The van der Waals surface area contributed by atoms with E-state index in [1.165, 1.54) is 13.3 Å². The summed E-state index contributed by atoms with van der Waals surface area (Å²) < 4.78 is 48.3. The smallest absolute Gasteiger partial charge is 0.260 e. The first kappa shape index (κ1) is 20.5. The molecule has 4 heterocycles. The summed E-state index contributed by atoms with van der Waals surface area (Å²) in [6, 6.07) is 3.25. The number of benzene rings is 1. The maximum absolute atomic E-state index is 13.9. The molecule has 0 N–H and O–H groups in total. The van der Waals surface area contributed by atoms with Gasteiger partial charge in [0.15, 0.2) is 17.5 Å². The Bertz CT molecular complexity index is 1200. The van der Waals surface area contributed by atoms with Crippen LogP contribution >= 0.6 is 0 Å². The summed E-state index contributed by atoms with van der Waals surface area (Å²) in [7, 11) is 3.19. The summed E-state index contributed by atoms with van der Waals surface area (Å²) in [6.45, 7) is 0. The molecule has 2 aliphatic heterocycles. The number of piperidine rings is 1. The molecule has 2 aliphatic rings. The van der Waals surface area contributed by atoms with Crippen molar-refractivity contribution in [2.75, 3.05) is 7.11 Å².